The van der Waals surface area contributed by atoms with Gasteiger partial charge < -0.3 is 19.9 Å². The Labute approximate surface area is 128 Å². The standard InChI is InChI=1S/C17H17NO4/c19-14-4-2-13(3-5-14)17(20)18-8-7-12-1-6-15-16(11-12)22-10-9-21-15/h1-6,11,19H,7-10H2,(H,18,20). The van der Waals surface area contributed by atoms with Crippen LogP contribution in [0.25, 0.3) is 0 Å². The summed E-state index contributed by atoms with van der Waals surface area (Å²) in [5.41, 5.74) is 1.61. The maximum atomic E-state index is 11.9. The Balaban J connectivity index is 1.54. The van der Waals surface area contributed by atoms with Gasteiger partial charge in [-0.05, 0) is 48.4 Å². The van der Waals surface area contributed by atoms with Crippen LogP contribution in [0.1, 0.15) is 15.9 Å². The number of rotatable bonds is 4. The van der Waals surface area contributed by atoms with E-state index >= 15 is 0 Å². The lowest BCUT2D eigenvalue weighted by Gasteiger charge is -2.18. The summed E-state index contributed by atoms with van der Waals surface area (Å²) in [4.78, 5) is 11.9. The largest absolute Gasteiger partial charge is 0.508 e. The van der Waals surface area contributed by atoms with Crippen LogP contribution in [0.3, 0.4) is 0 Å². The number of hydrogen-bond acceptors (Lipinski definition) is 4. The number of phenols is 1. The molecule has 2 N–H and O–H groups in total. The Morgan fingerprint density at radius 1 is 1.05 bits per heavy atom. The number of phenolic OH excluding ortho intramolecular Hbond substituents is 1. The van der Waals surface area contributed by atoms with Crippen molar-refractivity contribution in [3.8, 4) is 17.2 Å². The monoisotopic (exact) mass is 299 g/mol. The first-order valence-electron chi connectivity index (χ1n) is 7.18. The molecule has 22 heavy (non-hydrogen) atoms. The van der Waals surface area contributed by atoms with Crippen molar-refractivity contribution in [1.82, 2.24) is 5.32 Å². The fourth-order valence-electron chi connectivity index (χ4n) is 2.28. The minimum absolute atomic E-state index is 0.146. The second kappa shape index (κ2) is 6.39. The van der Waals surface area contributed by atoms with Gasteiger partial charge in [0.2, 0.25) is 0 Å². The zero-order chi connectivity index (χ0) is 15.4. The smallest absolute Gasteiger partial charge is 0.251 e. The van der Waals surface area contributed by atoms with Gasteiger partial charge in [-0.2, -0.15) is 0 Å². The van der Waals surface area contributed by atoms with Gasteiger partial charge in [0, 0.05) is 12.1 Å². The molecule has 0 unspecified atom stereocenters. The Hall–Kier alpha value is -2.69. The third-order valence-electron chi connectivity index (χ3n) is 3.44. The molecular weight excluding hydrogens is 282 g/mol. The Bertz CT molecular complexity index is 667. The highest BCUT2D eigenvalue weighted by atomic mass is 16.6. The van der Waals surface area contributed by atoms with E-state index in [0.29, 0.717) is 31.7 Å². The molecule has 2 aromatic carbocycles. The van der Waals surface area contributed by atoms with Gasteiger partial charge in [0.15, 0.2) is 11.5 Å². The maximum Gasteiger partial charge on any atom is 0.251 e. The second-order valence-electron chi connectivity index (χ2n) is 5.03. The van der Waals surface area contributed by atoms with Crippen LogP contribution in [0, 0.1) is 0 Å². The molecule has 0 bridgehead atoms. The minimum Gasteiger partial charge on any atom is -0.508 e. The van der Waals surface area contributed by atoms with Gasteiger partial charge >= 0.3 is 0 Å². The van der Waals surface area contributed by atoms with E-state index in [1.807, 2.05) is 18.2 Å². The van der Waals surface area contributed by atoms with Gasteiger partial charge in [-0.15, -0.1) is 0 Å². The second-order valence-corrected chi connectivity index (χ2v) is 5.03. The molecule has 0 fully saturated rings. The highest BCUT2D eigenvalue weighted by molar-refractivity contribution is 5.94. The molecule has 5 nitrogen and oxygen atoms in total. The van der Waals surface area contributed by atoms with Crippen molar-refractivity contribution in [2.45, 2.75) is 6.42 Å². The molecule has 0 radical (unpaired) electrons. The predicted octanol–water partition coefficient (Wildman–Crippen LogP) is 2.14. The topological polar surface area (TPSA) is 67.8 Å². The summed E-state index contributed by atoms with van der Waals surface area (Å²) in [5, 5.41) is 12.1. The summed E-state index contributed by atoms with van der Waals surface area (Å²) in [6.07, 6.45) is 0.709. The third-order valence-corrected chi connectivity index (χ3v) is 3.44. The maximum absolute atomic E-state index is 11.9. The van der Waals surface area contributed by atoms with E-state index in [0.717, 1.165) is 17.1 Å². The van der Waals surface area contributed by atoms with Crippen molar-refractivity contribution in [3.63, 3.8) is 0 Å². The molecule has 1 amide bonds. The average molecular weight is 299 g/mol. The van der Waals surface area contributed by atoms with E-state index in [1.54, 1.807) is 12.1 Å². The number of hydrogen-bond donors (Lipinski definition) is 2. The molecule has 0 atom stereocenters. The van der Waals surface area contributed by atoms with Gasteiger partial charge in [0.25, 0.3) is 5.91 Å². The van der Waals surface area contributed by atoms with Crippen LogP contribution < -0.4 is 14.8 Å². The van der Waals surface area contributed by atoms with Gasteiger partial charge in [-0.1, -0.05) is 6.07 Å². The SMILES string of the molecule is O=C(NCCc1ccc2c(c1)OCCO2)c1ccc(O)cc1. The molecular formula is C17H17NO4. The average Bonchev–Trinajstić information content (AvgIpc) is 2.55. The van der Waals surface area contributed by atoms with Crippen LogP contribution in [0.15, 0.2) is 42.5 Å². The lowest BCUT2D eigenvalue weighted by atomic mass is 10.1. The fourth-order valence-corrected chi connectivity index (χ4v) is 2.28. The van der Waals surface area contributed by atoms with Gasteiger partial charge in [-0.25, -0.2) is 0 Å². The molecule has 1 aliphatic heterocycles. The molecule has 1 aliphatic rings. The van der Waals surface area contributed by atoms with Crippen LogP contribution >= 0.6 is 0 Å². The van der Waals surface area contributed by atoms with Crippen molar-refractivity contribution in [2.75, 3.05) is 19.8 Å². The van der Waals surface area contributed by atoms with Crippen LogP contribution in [-0.2, 0) is 6.42 Å². The number of benzene rings is 2. The minimum atomic E-state index is -0.155. The van der Waals surface area contributed by atoms with Gasteiger partial charge in [0.05, 0.1) is 0 Å². The normalized spacial score (nSPS) is 12.7. The Morgan fingerprint density at radius 2 is 1.77 bits per heavy atom. The highest BCUT2D eigenvalue weighted by Crippen LogP contribution is 2.30. The van der Waals surface area contributed by atoms with Crippen LogP contribution in [0.2, 0.25) is 0 Å². The van der Waals surface area contributed by atoms with E-state index in [-0.39, 0.29) is 11.7 Å². The molecule has 114 valence electrons. The van der Waals surface area contributed by atoms with E-state index < -0.39 is 0 Å². The van der Waals surface area contributed by atoms with Crippen LogP contribution in [-0.4, -0.2) is 30.8 Å². The molecule has 1 heterocycles. The number of nitrogens with one attached hydrogen (secondary N) is 1. The molecule has 2 aromatic rings. The highest BCUT2D eigenvalue weighted by Gasteiger charge is 2.11. The first-order valence-corrected chi connectivity index (χ1v) is 7.18. The van der Waals surface area contributed by atoms with Crippen molar-refractivity contribution in [1.29, 1.82) is 0 Å². The lowest BCUT2D eigenvalue weighted by molar-refractivity contribution is 0.0954. The molecule has 0 saturated carbocycles. The number of carbonyl (C=O) groups is 1. The summed E-state index contributed by atoms with van der Waals surface area (Å²) in [5.74, 6) is 1.52. The van der Waals surface area contributed by atoms with E-state index in [9.17, 15) is 9.90 Å². The molecule has 3 rings (SSSR count). The zero-order valence-electron chi connectivity index (χ0n) is 12.0. The van der Waals surface area contributed by atoms with Crippen molar-refractivity contribution in [2.24, 2.45) is 0 Å². The van der Waals surface area contributed by atoms with E-state index in [4.69, 9.17) is 9.47 Å². The number of amides is 1. The number of carbonyl (C=O) groups excluding carboxylic acids is 1. The molecule has 5 heteroatoms. The third kappa shape index (κ3) is 3.31. The number of fused-ring (bicyclic) bond motifs is 1. The molecule has 0 saturated heterocycles. The molecule has 0 spiro atoms. The summed E-state index contributed by atoms with van der Waals surface area (Å²) in [6, 6.07) is 12.0. The first kappa shape index (κ1) is 14.3. The van der Waals surface area contributed by atoms with E-state index in [2.05, 4.69) is 5.32 Å². The first-order chi connectivity index (χ1) is 10.7. The zero-order valence-corrected chi connectivity index (χ0v) is 12.0. The lowest BCUT2D eigenvalue weighted by Crippen LogP contribution is -2.25. The Kier molecular flexibility index (Phi) is 4.14. The number of ether oxygens (including phenoxy) is 2. The van der Waals surface area contributed by atoms with Crippen LogP contribution in [0.5, 0.6) is 17.2 Å². The van der Waals surface area contributed by atoms with Crippen molar-refractivity contribution < 1.29 is 19.4 Å². The van der Waals surface area contributed by atoms with E-state index in [1.165, 1.54) is 12.1 Å². The van der Waals surface area contributed by atoms with Crippen molar-refractivity contribution >= 4 is 5.91 Å². The van der Waals surface area contributed by atoms with Gasteiger partial charge in [-0.3, -0.25) is 4.79 Å². The summed E-state index contributed by atoms with van der Waals surface area (Å²) in [7, 11) is 0. The summed E-state index contributed by atoms with van der Waals surface area (Å²) >= 11 is 0. The fraction of sp³-hybridized carbons (Fsp3) is 0.235. The summed E-state index contributed by atoms with van der Waals surface area (Å²) in [6.45, 7) is 1.67. The molecule has 0 aliphatic carbocycles. The predicted molar refractivity (Wildman–Crippen MR) is 81.6 cm³/mol. The Morgan fingerprint density at radius 3 is 2.55 bits per heavy atom. The number of aromatic hydroxyl groups is 1. The summed E-state index contributed by atoms with van der Waals surface area (Å²) < 4.78 is 11.0. The van der Waals surface area contributed by atoms with Crippen molar-refractivity contribution in [3.05, 3.63) is 53.6 Å². The molecule has 0 aromatic heterocycles. The van der Waals surface area contributed by atoms with Crippen LogP contribution in [0.4, 0.5) is 0 Å². The quantitative estimate of drug-likeness (QED) is 0.907. The van der Waals surface area contributed by atoms with Gasteiger partial charge in [0.1, 0.15) is 19.0 Å².